The summed E-state index contributed by atoms with van der Waals surface area (Å²) in [7, 11) is 1.45. The zero-order chi connectivity index (χ0) is 13.8. The second-order valence-corrected chi connectivity index (χ2v) is 4.24. The molecule has 1 heterocycles. The number of nitrogens with one attached hydrogen (secondary N) is 1. The van der Waals surface area contributed by atoms with Crippen LogP contribution in [-0.2, 0) is 16.1 Å². The summed E-state index contributed by atoms with van der Waals surface area (Å²) >= 11 is 0. The molecular weight excluding hydrogens is 236 g/mol. The number of pyridine rings is 1. The fraction of sp³-hybridized carbons (Fsp3) is 0.417. The average Bonchev–Trinajstić information content (AvgIpc) is 2.36. The first-order valence-corrected chi connectivity index (χ1v) is 5.38. The minimum Gasteiger partial charge on any atom is -0.478 e. The Morgan fingerprint density at radius 3 is 2.72 bits per heavy atom. The van der Waals surface area contributed by atoms with Crippen LogP contribution in [0.25, 0.3) is 0 Å². The minimum absolute atomic E-state index is 0.139. The van der Waals surface area contributed by atoms with Gasteiger partial charge in [-0.05, 0) is 26.0 Å². The number of rotatable bonds is 5. The van der Waals surface area contributed by atoms with E-state index in [-0.39, 0.29) is 18.0 Å². The molecule has 0 saturated carbocycles. The van der Waals surface area contributed by atoms with E-state index < -0.39 is 11.6 Å². The minimum atomic E-state index is -1.03. The number of hydrogen-bond donors (Lipinski definition) is 2. The smallest absolute Gasteiger partial charge is 0.335 e. The molecule has 6 heteroatoms. The van der Waals surface area contributed by atoms with Crippen LogP contribution in [0.1, 0.15) is 29.9 Å². The molecular formula is C12H16N2O4. The van der Waals surface area contributed by atoms with Gasteiger partial charge in [-0.1, -0.05) is 0 Å². The van der Waals surface area contributed by atoms with E-state index in [9.17, 15) is 9.59 Å². The Morgan fingerprint density at radius 2 is 2.17 bits per heavy atom. The summed E-state index contributed by atoms with van der Waals surface area (Å²) in [5.41, 5.74) is -0.305. The molecule has 18 heavy (non-hydrogen) atoms. The Balaban J connectivity index is 2.67. The van der Waals surface area contributed by atoms with Crippen molar-refractivity contribution in [2.45, 2.75) is 26.0 Å². The predicted octanol–water partition coefficient (Wildman–Crippen LogP) is 0.821. The lowest BCUT2D eigenvalue weighted by Crippen LogP contribution is -2.43. The summed E-state index contributed by atoms with van der Waals surface area (Å²) in [6.07, 6.45) is 1.40. The molecule has 0 bridgehead atoms. The molecule has 0 aliphatic rings. The van der Waals surface area contributed by atoms with E-state index >= 15 is 0 Å². The zero-order valence-corrected chi connectivity index (χ0v) is 10.6. The fourth-order valence-electron chi connectivity index (χ4n) is 1.18. The molecule has 2 N–H and O–H groups in total. The molecule has 98 valence electrons. The van der Waals surface area contributed by atoms with Crippen molar-refractivity contribution in [1.82, 2.24) is 10.3 Å². The van der Waals surface area contributed by atoms with Crippen LogP contribution in [0.5, 0.6) is 0 Å². The zero-order valence-electron chi connectivity index (χ0n) is 10.6. The van der Waals surface area contributed by atoms with Crippen molar-refractivity contribution in [3.8, 4) is 0 Å². The number of carbonyl (C=O) groups is 2. The van der Waals surface area contributed by atoms with Crippen LogP contribution in [-0.4, -0.2) is 34.7 Å². The molecule has 1 aromatic heterocycles. The van der Waals surface area contributed by atoms with Crippen molar-refractivity contribution in [2.24, 2.45) is 0 Å². The van der Waals surface area contributed by atoms with Gasteiger partial charge in [-0.2, -0.15) is 0 Å². The van der Waals surface area contributed by atoms with Crippen LogP contribution in [0.2, 0.25) is 0 Å². The number of carboxylic acid groups (broad SMARTS) is 1. The molecule has 1 aromatic rings. The van der Waals surface area contributed by atoms with Crippen LogP contribution in [0, 0.1) is 0 Å². The Labute approximate surface area is 105 Å². The third kappa shape index (κ3) is 3.53. The number of hydrogen-bond acceptors (Lipinski definition) is 4. The number of carbonyl (C=O) groups excluding carboxylic acids is 1. The van der Waals surface area contributed by atoms with Gasteiger partial charge in [0.25, 0.3) is 5.91 Å². The van der Waals surface area contributed by atoms with Gasteiger partial charge in [-0.25, -0.2) is 4.79 Å². The van der Waals surface area contributed by atoms with E-state index in [1.165, 1.54) is 25.4 Å². The van der Waals surface area contributed by atoms with E-state index in [0.717, 1.165) is 0 Å². The van der Waals surface area contributed by atoms with Gasteiger partial charge in [-0.15, -0.1) is 0 Å². The maximum absolute atomic E-state index is 11.7. The molecule has 0 saturated heterocycles. The van der Waals surface area contributed by atoms with E-state index in [1.807, 2.05) is 0 Å². The van der Waals surface area contributed by atoms with Crippen LogP contribution in [0.3, 0.4) is 0 Å². The number of carboxylic acids is 1. The standard InChI is InChI=1S/C12H16N2O4/c1-12(2,18-3)11(17)14-7-9-6-8(10(15)16)4-5-13-9/h4-6H,7H2,1-3H3,(H,14,17)(H,15,16). The highest BCUT2D eigenvalue weighted by atomic mass is 16.5. The second-order valence-electron chi connectivity index (χ2n) is 4.24. The molecule has 1 amide bonds. The van der Waals surface area contributed by atoms with Crippen molar-refractivity contribution in [3.63, 3.8) is 0 Å². The van der Waals surface area contributed by atoms with Gasteiger partial charge < -0.3 is 15.2 Å². The Morgan fingerprint density at radius 1 is 1.50 bits per heavy atom. The van der Waals surface area contributed by atoms with Gasteiger partial charge in [0.1, 0.15) is 5.60 Å². The number of nitrogens with zero attached hydrogens (tertiary/aromatic N) is 1. The summed E-state index contributed by atoms with van der Waals surface area (Å²) < 4.78 is 5.02. The van der Waals surface area contributed by atoms with E-state index in [2.05, 4.69) is 10.3 Å². The van der Waals surface area contributed by atoms with Crippen molar-refractivity contribution in [3.05, 3.63) is 29.6 Å². The van der Waals surface area contributed by atoms with Gasteiger partial charge in [0, 0.05) is 13.3 Å². The van der Waals surface area contributed by atoms with Gasteiger partial charge in [0.15, 0.2) is 0 Å². The third-order valence-corrected chi connectivity index (χ3v) is 2.55. The molecule has 0 aliphatic carbocycles. The maximum Gasteiger partial charge on any atom is 0.335 e. The monoisotopic (exact) mass is 252 g/mol. The molecule has 6 nitrogen and oxygen atoms in total. The lowest BCUT2D eigenvalue weighted by molar-refractivity contribution is -0.139. The average molecular weight is 252 g/mol. The number of aromatic carboxylic acids is 1. The van der Waals surface area contributed by atoms with Gasteiger partial charge in [0.2, 0.25) is 0 Å². The van der Waals surface area contributed by atoms with Crippen LogP contribution in [0.4, 0.5) is 0 Å². The lowest BCUT2D eigenvalue weighted by Gasteiger charge is -2.21. The quantitative estimate of drug-likeness (QED) is 0.810. The largest absolute Gasteiger partial charge is 0.478 e. The molecule has 0 unspecified atom stereocenters. The Kier molecular flexibility index (Phi) is 4.38. The summed E-state index contributed by atoms with van der Waals surface area (Å²) in [5.74, 6) is -1.31. The number of aromatic nitrogens is 1. The molecule has 0 fully saturated rings. The highest BCUT2D eigenvalue weighted by Crippen LogP contribution is 2.08. The van der Waals surface area contributed by atoms with Crippen LogP contribution < -0.4 is 5.32 Å². The Hall–Kier alpha value is -1.95. The van der Waals surface area contributed by atoms with Crippen molar-refractivity contribution < 1.29 is 19.4 Å². The van der Waals surface area contributed by atoms with Gasteiger partial charge in [-0.3, -0.25) is 9.78 Å². The SMILES string of the molecule is COC(C)(C)C(=O)NCc1cc(C(=O)O)ccn1. The van der Waals surface area contributed by atoms with Crippen molar-refractivity contribution >= 4 is 11.9 Å². The molecule has 0 aromatic carbocycles. The molecule has 1 rings (SSSR count). The maximum atomic E-state index is 11.7. The first-order valence-electron chi connectivity index (χ1n) is 5.38. The fourth-order valence-corrected chi connectivity index (χ4v) is 1.18. The topological polar surface area (TPSA) is 88.5 Å². The van der Waals surface area contributed by atoms with Gasteiger partial charge in [0.05, 0.1) is 17.8 Å². The second kappa shape index (κ2) is 5.59. The molecule has 0 spiro atoms. The number of methoxy groups -OCH3 is 1. The van der Waals surface area contributed by atoms with E-state index in [0.29, 0.717) is 5.69 Å². The molecule has 0 atom stereocenters. The normalized spacial score (nSPS) is 11.1. The van der Waals surface area contributed by atoms with Crippen molar-refractivity contribution in [2.75, 3.05) is 7.11 Å². The van der Waals surface area contributed by atoms with Crippen molar-refractivity contribution in [1.29, 1.82) is 0 Å². The third-order valence-electron chi connectivity index (χ3n) is 2.55. The molecule has 0 aliphatic heterocycles. The highest BCUT2D eigenvalue weighted by molar-refractivity contribution is 5.87. The first kappa shape index (κ1) is 14.1. The lowest BCUT2D eigenvalue weighted by atomic mass is 10.1. The number of amides is 1. The van der Waals surface area contributed by atoms with E-state index in [4.69, 9.17) is 9.84 Å². The Bertz CT molecular complexity index is 457. The van der Waals surface area contributed by atoms with Gasteiger partial charge >= 0.3 is 5.97 Å². The molecule has 0 radical (unpaired) electrons. The van der Waals surface area contributed by atoms with Crippen LogP contribution in [0.15, 0.2) is 18.3 Å². The summed E-state index contributed by atoms with van der Waals surface area (Å²) in [6.45, 7) is 3.44. The summed E-state index contributed by atoms with van der Waals surface area (Å²) in [5, 5.41) is 11.5. The highest BCUT2D eigenvalue weighted by Gasteiger charge is 2.26. The summed E-state index contributed by atoms with van der Waals surface area (Å²) in [6, 6.07) is 2.81. The first-order chi connectivity index (χ1) is 8.36. The predicted molar refractivity (Wildman–Crippen MR) is 64.1 cm³/mol. The van der Waals surface area contributed by atoms with Crippen LogP contribution >= 0.6 is 0 Å². The number of ether oxygens (including phenoxy) is 1. The summed E-state index contributed by atoms with van der Waals surface area (Å²) in [4.78, 5) is 26.5. The van der Waals surface area contributed by atoms with E-state index in [1.54, 1.807) is 13.8 Å².